The Bertz CT molecular complexity index is 822. The maximum Gasteiger partial charge on any atom is 0.245 e. The lowest BCUT2D eigenvalue weighted by Gasteiger charge is -2.16. The first-order chi connectivity index (χ1) is 12.6. The van der Waals surface area contributed by atoms with Gasteiger partial charge in [0.15, 0.2) is 0 Å². The molecule has 1 N–H and O–H groups in total. The molecule has 1 aliphatic rings. The second-order valence-corrected chi connectivity index (χ2v) is 7.21. The number of hydrogen-bond acceptors (Lipinski definition) is 4. The van der Waals surface area contributed by atoms with Crippen molar-refractivity contribution in [2.24, 2.45) is 11.0 Å². The first kappa shape index (κ1) is 18.5. The number of rotatable bonds is 5. The Morgan fingerprint density at radius 3 is 2.58 bits per heavy atom. The maximum atomic E-state index is 12.3. The van der Waals surface area contributed by atoms with E-state index in [0.717, 1.165) is 16.1 Å². The van der Waals surface area contributed by atoms with E-state index in [9.17, 15) is 9.59 Å². The molecule has 134 valence electrons. The van der Waals surface area contributed by atoms with E-state index in [4.69, 9.17) is 11.6 Å². The van der Waals surface area contributed by atoms with Gasteiger partial charge in [-0.1, -0.05) is 23.7 Å². The second-order valence-electron chi connectivity index (χ2n) is 5.89. The van der Waals surface area contributed by atoms with Crippen LogP contribution in [-0.4, -0.2) is 30.8 Å². The molecule has 0 saturated carbocycles. The van der Waals surface area contributed by atoms with Crippen molar-refractivity contribution < 1.29 is 9.59 Å². The molecule has 1 aliphatic heterocycles. The zero-order valence-corrected chi connectivity index (χ0v) is 15.8. The highest BCUT2D eigenvalue weighted by Gasteiger charge is 2.35. The summed E-state index contributed by atoms with van der Waals surface area (Å²) < 4.78 is 0. The molecule has 1 atom stereocenters. The van der Waals surface area contributed by atoms with Crippen molar-refractivity contribution in [3.63, 3.8) is 0 Å². The van der Waals surface area contributed by atoms with Crippen LogP contribution < -0.4 is 10.3 Å². The van der Waals surface area contributed by atoms with Crippen molar-refractivity contribution in [1.82, 2.24) is 5.43 Å². The van der Waals surface area contributed by atoms with Crippen molar-refractivity contribution in [1.29, 1.82) is 0 Å². The third kappa shape index (κ3) is 4.45. The quantitative estimate of drug-likeness (QED) is 0.484. The summed E-state index contributed by atoms with van der Waals surface area (Å²) in [4.78, 5) is 27.3. The van der Waals surface area contributed by atoms with Crippen molar-refractivity contribution in [3.05, 3.63) is 59.1 Å². The van der Waals surface area contributed by atoms with Crippen LogP contribution in [0.4, 0.5) is 5.69 Å². The Balaban J connectivity index is 1.57. The molecule has 2 aromatic carbocycles. The topological polar surface area (TPSA) is 61.8 Å². The maximum absolute atomic E-state index is 12.3. The van der Waals surface area contributed by atoms with Crippen molar-refractivity contribution in [2.45, 2.75) is 11.3 Å². The molecule has 26 heavy (non-hydrogen) atoms. The van der Waals surface area contributed by atoms with Crippen molar-refractivity contribution >= 4 is 47.1 Å². The smallest absolute Gasteiger partial charge is 0.245 e. The van der Waals surface area contributed by atoms with Crippen LogP contribution in [0.2, 0.25) is 5.02 Å². The van der Waals surface area contributed by atoms with Crippen LogP contribution in [0.3, 0.4) is 0 Å². The fourth-order valence-corrected chi connectivity index (χ4v) is 3.24. The summed E-state index contributed by atoms with van der Waals surface area (Å²) in [5.74, 6) is -0.759. The Morgan fingerprint density at radius 2 is 1.92 bits per heavy atom. The molecule has 5 nitrogen and oxygen atoms in total. The summed E-state index contributed by atoms with van der Waals surface area (Å²) in [6.07, 6.45) is 3.78. The van der Waals surface area contributed by atoms with Crippen molar-refractivity contribution in [3.8, 4) is 0 Å². The van der Waals surface area contributed by atoms with Gasteiger partial charge >= 0.3 is 0 Å². The summed E-state index contributed by atoms with van der Waals surface area (Å²) in [5.41, 5.74) is 4.17. The standard InChI is InChI=1S/C19H18ClN3O2S/c1-26-17-8-2-13(3-9-17)11-21-22-19(25)14-10-18(24)23(12-14)16-6-4-15(20)5-7-16/h2-9,11,14H,10,12H2,1H3,(H,22,25)/b21-11-/t14-/m1/s1. The highest BCUT2D eigenvalue weighted by Crippen LogP contribution is 2.26. The minimum absolute atomic E-state index is 0.0795. The second kappa shape index (κ2) is 8.38. The minimum Gasteiger partial charge on any atom is -0.312 e. The van der Waals surface area contributed by atoms with Gasteiger partial charge in [0, 0.05) is 28.6 Å². The number of hydrogen-bond donors (Lipinski definition) is 1. The molecule has 2 amide bonds. The van der Waals surface area contributed by atoms with Gasteiger partial charge in [0.2, 0.25) is 11.8 Å². The number of nitrogens with one attached hydrogen (secondary N) is 1. The zero-order chi connectivity index (χ0) is 18.5. The van der Waals surface area contributed by atoms with Gasteiger partial charge in [-0.05, 0) is 48.2 Å². The van der Waals surface area contributed by atoms with E-state index in [1.54, 1.807) is 47.1 Å². The SMILES string of the molecule is CSc1ccc(/C=N\NC(=O)[C@@H]2CC(=O)N(c3ccc(Cl)cc3)C2)cc1. The lowest BCUT2D eigenvalue weighted by molar-refractivity contribution is -0.126. The average Bonchev–Trinajstić information content (AvgIpc) is 3.05. The van der Waals surface area contributed by atoms with Crippen LogP contribution in [0.25, 0.3) is 0 Å². The van der Waals surface area contributed by atoms with E-state index < -0.39 is 5.92 Å². The van der Waals surface area contributed by atoms with Gasteiger partial charge < -0.3 is 4.90 Å². The van der Waals surface area contributed by atoms with Crippen LogP contribution in [-0.2, 0) is 9.59 Å². The van der Waals surface area contributed by atoms with Gasteiger partial charge in [-0.15, -0.1) is 11.8 Å². The van der Waals surface area contributed by atoms with E-state index in [0.29, 0.717) is 11.6 Å². The highest BCUT2D eigenvalue weighted by atomic mass is 35.5. The van der Waals surface area contributed by atoms with Gasteiger partial charge in [0.25, 0.3) is 0 Å². The molecular weight excluding hydrogens is 370 g/mol. The number of halogens is 1. The van der Waals surface area contributed by atoms with E-state index in [1.807, 2.05) is 30.5 Å². The minimum atomic E-state index is -0.422. The van der Waals surface area contributed by atoms with Crippen LogP contribution >= 0.6 is 23.4 Å². The van der Waals surface area contributed by atoms with E-state index in [-0.39, 0.29) is 18.2 Å². The summed E-state index contributed by atoms with van der Waals surface area (Å²) >= 11 is 7.54. The fourth-order valence-electron chi connectivity index (χ4n) is 2.71. The first-order valence-electron chi connectivity index (χ1n) is 8.09. The number of carbonyl (C=O) groups excluding carboxylic acids is 2. The number of nitrogens with zero attached hydrogens (tertiary/aromatic N) is 2. The molecule has 3 rings (SSSR count). The molecule has 1 heterocycles. The number of anilines is 1. The number of amides is 2. The molecule has 0 aromatic heterocycles. The number of carbonyl (C=O) groups is 2. The molecule has 7 heteroatoms. The summed E-state index contributed by atoms with van der Waals surface area (Å²) in [5, 5.41) is 4.60. The van der Waals surface area contributed by atoms with Crippen LogP contribution in [0.1, 0.15) is 12.0 Å². The Morgan fingerprint density at radius 1 is 1.23 bits per heavy atom. The Labute approximate surface area is 161 Å². The molecule has 0 radical (unpaired) electrons. The number of hydrazone groups is 1. The number of benzene rings is 2. The molecule has 1 saturated heterocycles. The monoisotopic (exact) mass is 387 g/mol. The lowest BCUT2D eigenvalue weighted by atomic mass is 10.1. The molecule has 2 aromatic rings. The zero-order valence-electron chi connectivity index (χ0n) is 14.2. The van der Waals surface area contributed by atoms with Crippen LogP contribution in [0, 0.1) is 5.92 Å². The molecule has 0 bridgehead atoms. The fraction of sp³-hybridized carbons (Fsp3) is 0.211. The molecule has 0 spiro atoms. The highest BCUT2D eigenvalue weighted by molar-refractivity contribution is 7.98. The largest absolute Gasteiger partial charge is 0.312 e. The Hall–Kier alpha value is -2.31. The van der Waals surface area contributed by atoms with E-state index >= 15 is 0 Å². The normalized spacial score (nSPS) is 17.1. The van der Waals surface area contributed by atoms with Gasteiger partial charge in [-0.2, -0.15) is 5.10 Å². The lowest BCUT2D eigenvalue weighted by Crippen LogP contribution is -2.30. The summed E-state index contributed by atoms with van der Waals surface area (Å²) in [6.45, 7) is 0.338. The van der Waals surface area contributed by atoms with Gasteiger partial charge in [-0.25, -0.2) is 5.43 Å². The third-order valence-electron chi connectivity index (χ3n) is 4.14. The first-order valence-corrected chi connectivity index (χ1v) is 9.70. The van der Waals surface area contributed by atoms with Gasteiger partial charge in [0.1, 0.15) is 0 Å². The van der Waals surface area contributed by atoms with Crippen LogP contribution in [0.15, 0.2) is 58.5 Å². The summed E-state index contributed by atoms with van der Waals surface area (Å²) in [7, 11) is 0. The Kier molecular flexibility index (Phi) is 5.96. The predicted molar refractivity (Wildman–Crippen MR) is 106 cm³/mol. The predicted octanol–water partition coefficient (Wildman–Crippen LogP) is 3.57. The van der Waals surface area contributed by atoms with Gasteiger partial charge in [0.05, 0.1) is 12.1 Å². The van der Waals surface area contributed by atoms with E-state index in [2.05, 4.69) is 10.5 Å². The van der Waals surface area contributed by atoms with Gasteiger partial charge in [-0.3, -0.25) is 9.59 Å². The molecule has 1 fully saturated rings. The molecular formula is C19H18ClN3O2S. The third-order valence-corrected chi connectivity index (χ3v) is 5.13. The molecule has 0 aliphatic carbocycles. The van der Waals surface area contributed by atoms with Crippen LogP contribution in [0.5, 0.6) is 0 Å². The molecule has 0 unspecified atom stereocenters. The summed E-state index contributed by atoms with van der Waals surface area (Å²) in [6, 6.07) is 14.9. The van der Waals surface area contributed by atoms with Crippen molar-refractivity contribution in [2.75, 3.05) is 17.7 Å². The number of thioether (sulfide) groups is 1. The average molecular weight is 388 g/mol. The van der Waals surface area contributed by atoms with E-state index in [1.165, 1.54) is 0 Å².